The van der Waals surface area contributed by atoms with Gasteiger partial charge in [0.25, 0.3) is 0 Å². The van der Waals surface area contributed by atoms with Gasteiger partial charge in [-0.25, -0.2) is 4.39 Å². The Labute approximate surface area is 137 Å². The molecule has 1 unspecified atom stereocenters. The second-order valence-corrected chi connectivity index (χ2v) is 5.97. The molecule has 0 aromatic heterocycles. The lowest BCUT2D eigenvalue weighted by Gasteiger charge is -2.35. The average Bonchev–Trinajstić information content (AvgIpc) is 2.56. The van der Waals surface area contributed by atoms with Crippen LogP contribution in [-0.2, 0) is 4.74 Å². The van der Waals surface area contributed by atoms with E-state index in [9.17, 15) is 4.39 Å². The SMILES string of the molecule is CN=C(NCC(c1ccc(F)cc1)N1CCOCC1)NC(C)C. The molecule has 2 N–H and O–H groups in total. The standard InChI is InChI=1S/C17H27FN4O/c1-13(2)21-17(19-3)20-12-16(22-8-10-23-11-9-22)14-4-6-15(18)7-5-14/h4-7,13,16H,8-12H2,1-3H3,(H2,19,20,21). The predicted octanol–water partition coefficient (Wildman–Crippen LogP) is 1.77. The molecule has 1 aromatic carbocycles. The highest BCUT2D eigenvalue weighted by Crippen LogP contribution is 2.21. The summed E-state index contributed by atoms with van der Waals surface area (Å²) in [4.78, 5) is 6.61. The van der Waals surface area contributed by atoms with Crippen LogP contribution >= 0.6 is 0 Å². The Kier molecular flexibility index (Phi) is 6.80. The number of hydrogen-bond donors (Lipinski definition) is 2. The van der Waals surface area contributed by atoms with Gasteiger partial charge >= 0.3 is 0 Å². The molecule has 0 saturated carbocycles. The molecule has 128 valence electrons. The fourth-order valence-corrected chi connectivity index (χ4v) is 2.69. The van der Waals surface area contributed by atoms with Crippen LogP contribution in [-0.4, -0.2) is 56.8 Å². The van der Waals surface area contributed by atoms with Gasteiger partial charge in [0.15, 0.2) is 5.96 Å². The number of guanidine groups is 1. The molecule has 0 aliphatic carbocycles. The predicted molar refractivity (Wildman–Crippen MR) is 91.2 cm³/mol. The molecule has 0 amide bonds. The molecule has 23 heavy (non-hydrogen) atoms. The van der Waals surface area contributed by atoms with Crippen molar-refractivity contribution in [3.8, 4) is 0 Å². The van der Waals surface area contributed by atoms with Gasteiger partial charge in [0.1, 0.15) is 5.82 Å². The van der Waals surface area contributed by atoms with E-state index >= 15 is 0 Å². The van der Waals surface area contributed by atoms with E-state index in [1.54, 1.807) is 7.05 Å². The summed E-state index contributed by atoms with van der Waals surface area (Å²) in [5, 5.41) is 6.66. The van der Waals surface area contributed by atoms with Gasteiger partial charge < -0.3 is 15.4 Å². The van der Waals surface area contributed by atoms with Crippen molar-refractivity contribution in [1.82, 2.24) is 15.5 Å². The minimum Gasteiger partial charge on any atom is -0.379 e. The number of benzene rings is 1. The molecule has 1 heterocycles. The Hall–Kier alpha value is -1.66. The quantitative estimate of drug-likeness (QED) is 0.641. The van der Waals surface area contributed by atoms with E-state index in [1.165, 1.54) is 12.1 Å². The highest BCUT2D eigenvalue weighted by molar-refractivity contribution is 5.79. The second-order valence-electron chi connectivity index (χ2n) is 5.97. The number of nitrogens with zero attached hydrogens (tertiary/aromatic N) is 2. The van der Waals surface area contributed by atoms with Gasteiger partial charge in [0, 0.05) is 32.7 Å². The third-order valence-corrected chi connectivity index (χ3v) is 3.85. The summed E-state index contributed by atoms with van der Waals surface area (Å²) in [5.74, 6) is 0.570. The van der Waals surface area contributed by atoms with Gasteiger partial charge in [0.05, 0.1) is 19.3 Å². The monoisotopic (exact) mass is 322 g/mol. The first-order valence-electron chi connectivity index (χ1n) is 8.14. The van der Waals surface area contributed by atoms with Gasteiger partial charge in [-0.15, -0.1) is 0 Å². The van der Waals surface area contributed by atoms with E-state index in [0.29, 0.717) is 12.6 Å². The normalized spacial score (nSPS) is 18.0. The fraction of sp³-hybridized carbons (Fsp3) is 0.588. The van der Waals surface area contributed by atoms with E-state index < -0.39 is 0 Å². The highest BCUT2D eigenvalue weighted by atomic mass is 19.1. The van der Waals surface area contributed by atoms with Crippen molar-refractivity contribution in [2.45, 2.75) is 25.9 Å². The van der Waals surface area contributed by atoms with E-state index in [1.807, 2.05) is 12.1 Å². The minimum atomic E-state index is -0.209. The summed E-state index contributed by atoms with van der Waals surface area (Å²) in [6.45, 7) is 8.07. The molecule has 6 heteroatoms. The molecule has 2 rings (SSSR count). The van der Waals surface area contributed by atoms with Gasteiger partial charge in [-0.05, 0) is 31.5 Å². The van der Waals surface area contributed by atoms with Crippen LogP contribution in [0, 0.1) is 5.82 Å². The molecule has 0 spiro atoms. The van der Waals surface area contributed by atoms with E-state index in [0.717, 1.165) is 37.8 Å². The largest absolute Gasteiger partial charge is 0.379 e. The molecule has 0 bridgehead atoms. The topological polar surface area (TPSA) is 48.9 Å². The van der Waals surface area contributed by atoms with Crippen molar-refractivity contribution < 1.29 is 9.13 Å². The fourth-order valence-electron chi connectivity index (χ4n) is 2.69. The summed E-state index contributed by atoms with van der Waals surface area (Å²) >= 11 is 0. The van der Waals surface area contributed by atoms with Crippen LogP contribution in [0.2, 0.25) is 0 Å². The van der Waals surface area contributed by atoms with Crippen molar-refractivity contribution in [3.05, 3.63) is 35.6 Å². The first kappa shape index (κ1) is 17.7. The zero-order valence-corrected chi connectivity index (χ0v) is 14.2. The van der Waals surface area contributed by atoms with Crippen LogP contribution in [0.1, 0.15) is 25.5 Å². The average molecular weight is 322 g/mol. The van der Waals surface area contributed by atoms with Crippen molar-refractivity contribution >= 4 is 5.96 Å². The maximum Gasteiger partial charge on any atom is 0.191 e. The van der Waals surface area contributed by atoms with Crippen molar-refractivity contribution in [2.75, 3.05) is 39.9 Å². The van der Waals surface area contributed by atoms with Crippen LogP contribution in [0.3, 0.4) is 0 Å². The van der Waals surface area contributed by atoms with E-state index in [2.05, 4.69) is 34.4 Å². The van der Waals surface area contributed by atoms with Crippen LogP contribution in [0.15, 0.2) is 29.3 Å². The first-order chi connectivity index (χ1) is 11.1. The zero-order valence-electron chi connectivity index (χ0n) is 14.2. The number of morpholine rings is 1. The van der Waals surface area contributed by atoms with Crippen LogP contribution in [0.25, 0.3) is 0 Å². The Balaban J connectivity index is 2.08. The van der Waals surface area contributed by atoms with Gasteiger partial charge in [-0.2, -0.15) is 0 Å². The highest BCUT2D eigenvalue weighted by Gasteiger charge is 2.23. The molecule has 0 radical (unpaired) electrons. The van der Waals surface area contributed by atoms with Gasteiger partial charge in [-0.1, -0.05) is 12.1 Å². The molecule has 1 atom stereocenters. The number of aliphatic imine (C=N–C) groups is 1. The summed E-state index contributed by atoms with van der Waals surface area (Å²) in [5.41, 5.74) is 1.10. The van der Waals surface area contributed by atoms with Crippen molar-refractivity contribution in [3.63, 3.8) is 0 Å². The summed E-state index contributed by atoms with van der Waals surface area (Å²) < 4.78 is 18.7. The van der Waals surface area contributed by atoms with E-state index in [4.69, 9.17) is 4.74 Å². The number of nitrogens with one attached hydrogen (secondary N) is 2. The van der Waals surface area contributed by atoms with Crippen LogP contribution in [0.5, 0.6) is 0 Å². The lowest BCUT2D eigenvalue weighted by molar-refractivity contribution is 0.0170. The molecule has 5 nitrogen and oxygen atoms in total. The lowest BCUT2D eigenvalue weighted by atomic mass is 10.0. The van der Waals surface area contributed by atoms with Gasteiger partial charge in [0.2, 0.25) is 0 Å². The maximum absolute atomic E-state index is 13.2. The minimum absolute atomic E-state index is 0.158. The smallest absolute Gasteiger partial charge is 0.191 e. The third-order valence-electron chi connectivity index (χ3n) is 3.85. The molecular formula is C17H27FN4O. The number of ether oxygens (including phenoxy) is 1. The molecule has 1 saturated heterocycles. The molecule has 1 fully saturated rings. The number of hydrogen-bond acceptors (Lipinski definition) is 3. The first-order valence-corrected chi connectivity index (χ1v) is 8.14. The summed E-state index contributed by atoms with van der Waals surface area (Å²) in [6, 6.07) is 7.22. The number of rotatable bonds is 5. The second kappa shape index (κ2) is 8.84. The molecular weight excluding hydrogens is 295 g/mol. The van der Waals surface area contributed by atoms with Crippen molar-refractivity contribution in [2.24, 2.45) is 4.99 Å². The van der Waals surface area contributed by atoms with Gasteiger partial charge in [-0.3, -0.25) is 9.89 Å². The van der Waals surface area contributed by atoms with Crippen LogP contribution in [0.4, 0.5) is 4.39 Å². The Bertz CT molecular complexity index is 498. The summed E-state index contributed by atoms with van der Waals surface area (Å²) in [6.07, 6.45) is 0. The zero-order chi connectivity index (χ0) is 16.7. The van der Waals surface area contributed by atoms with Crippen LogP contribution < -0.4 is 10.6 Å². The maximum atomic E-state index is 13.2. The van der Waals surface area contributed by atoms with E-state index in [-0.39, 0.29) is 11.9 Å². The molecule has 1 aromatic rings. The molecule has 1 aliphatic heterocycles. The Morgan fingerprint density at radius 3 is 2.48 bits per heavy atom. The molecule has 1 aliphatic rings. The lowest BCUT2D eigenvalue weighted by Crippen LogP contribution is -2.47. The Morgan fingerprint density at radius 1 is 1.26 bits per heavy atom. The summed E-state index contributed by atoms with van der Waals surface area (Å²) in [7, 11) is 1.76. The Morgan fingerprint density at radius 2 is 1.91 bits per heavy atom. The van der Waals surface area contributed by atoms with Crippen molar-refractivity contribution in [1.29, 1.82) is 0 Å². The third kappa shape index (κ3) is 5.48. The number of halogens is 1.